The van der Waals surface area contributed by atoms with Crippen molar-refractivity contribution in [3.63, 3.8) is 0 Å². The van der Waals surface area contributed by atoms with Crippen LogP contribution < -0.4 is 30.4 Å². The average Bonchev–Trinajstić information content (AvgIpc) is 3.46. The highest BCUT2D eigenvalue weighted by atomic mass is 79.9. The zero-order valence-electron chi connectivity index (χ0n) is 31.6. The summed E-state index contributed by atoms with van der Waals surface area (Å²) in [6.07, 6.45) is 1.74. The van der Waals surface area contributed by atoms with Crippen molar-refractivity contribution in [2.75, 3.05) is 4.90 Å². The Morgan fingerprint density at radius 3 is 2.18 bits per heavy atom. The highest BCUT2D eigenvalue weighted by Crippen LogP contribution is 2.46. The van der Waals surface area contributed by atoms with Crippen LogP contribution in [-0.4, -0.2) is 13.1 Å². The number of ether oxygens (including phenoxy) is 1. The van der Waals surface area contributed by atoms with Crippen LogP contribution in [0.3, 0.4) is 0 Å². The topological polar surface area (TPSA) is 25.4 Å². The fourth-order valence-electron chi connectivity index (χ4n) is 8.02. The third-order valence-corrected chi connectivity index (χ3v) is 15.7. The Bertz CT molecular complexity index is 2580. The molecule has 0 saturated carbocycles. The molecule has 0 radical (unpaired) electrons. The largest absolute Gasteiger partial charge is 0.457 e. The molecule has 248 valence electrons. The van der Waals surface area contributed by atoms with Crippen LogP contribution >= 0.6 is 15.9 Å². The predicted octanol–water partition coefficient (Wildman–Crippen LogP) is 10.1. The Labute approximate surface area is 313 Å². The number of rotatable bonds is 5. The maximum Gasteiger partial charge on any atom is 0.185 e. The number of para-hydroxylation sites is 1. The summed E-state index contributed by atoms with van der Waals surface area (Å²) in [5, 5.41) is 5.09. The zero-order chi connectivity index (χ0) is 37.4. The molecule has 1 unspecified atom stereocenters. The van der Waals surface area contributed by atoms with Crippen LogP contribution in [-0.2, 0) is 5.41 Å². The predicted molar refractivity (Wildman–Crippen MR) is 218 cm³/mol. The summed E-state index contributed by atoms with van der Waals surface area (Å²) in [7, 11) is -2.88. The first-order valence-electron chi connectivity index (χ1n) is 18.7. The molecule has 51 heavy (non-hydrogen) atoms. The minimum absolute atomic E-state index is 0.0252. The van der Waals surface area contributed by atoms with Crippen LogP contribution in [0.25, 0.3) is 22.3 Å². The van der Waals surface area contributed by atoms with E-state index in [0.29, 0.717) is 22.9 Å². The van der Waals surface area contributed by atoms with Gasteiger partial charge in [0.2, 0.25) is 0 Å². The van der Waals surface area contributed by atoms with E-state index in [-0.39, 0.29) is 11.0 Å². The molecule has 7 aromatic rings. The van der Waals surface area contributed by atoms with Gasteiger partial charge < -0.3 is 4.74 Å². The Hall–Kier alpha value is -5.23. The Morgan fingerprint density at radius 1 is 0.667 bits per heavy atom. The molecule has 0 bridgehead atoms. The van der Waals surface area contributed by atoms with Crippen molar-refractivity contribution in [1.29, 1.82) is 0 Å². The second-order valence-electron chi connectivity index (χ2n) is 14.4. The summed E-state index contributed by atoms with van der Waals surface area (Å²) >= 11 is 3.60. The van der Waals surface area contributed by atoms with E-state index in [4.69, 9.17) is 13.8 Å². The van der Waals surface area contributed by atoms with Gasteiger partial charge in [0.15, 0.2) is 8.07 Å². The molecular weight excluding hydrogens is 705 g/mol. The number of benzene rings is 6. The number of hydrogen-bond acceptors (Lipinski definition) is 3. The quantitative estimate of drug-likeness (QED) is 0.164. The molecule has 0 spiro atoms. The first-order valence-corrected chi connectivity index (χ1v) is 20.0. The molecule has 1 atom stereocenters. The molecule has 3 nitrogen and oxygen atoms in total. The molecule has 3 heterocycles. The van der Waals surface area contributed by atoms with Crippen molar-refractivity contribution in [3.8, 4) is 33.8 Å². The molecule has 0 aliphatic carbocycles. The highest BCUT2D eigenvalue weighted by molar-refractivity contribution is 9.10. The summed E-state index contributed by atoms with van der Waals surface area (Å²) in [5.74, 6) is 1.93. The van der Waals surface area contributed by atoms with Crippen LogP contribution in [0.4, 0.5) is 17.2 Å². The van der Waals surface area contributed by atoms with Gasteiger partial charge in [0.05, 0.1) is 5.69 Å². The van der Waals surface area contributed by atoms with Gasteiger partial charge in [0, 0.05) is 32.1 Å². The van der Waals surface area contributed by atoms with Crippen molar-refractivity contribution >= 4 is 61.9 Å². The highest BCUT2D eigenvalue weighted by Gasteiger charge is 2.55. The SMILES string of the molecule is [2H]C([2H])([2H])c1cc(N2c3ccccc3[Si]3(c4ccccc4)c4ccccc4-c4cc(Oc5cccc(Br)c5)cc2c43)ncc1-c1ccc(C(C)(C)C)cc1. The van der Waals surface area contributed by atoms with E-state index in [2.05, 4.69) is 145 Å². The van der Waals surface area contributed by atoms with Crippen LogP contribution in [0.1, 0.15) is 36.0 Å². The van der Waals surface area contributed by atoms with Crippen LogP contribution in [0.2, 0.25) is 0 Å². The second-order valence-corrected chi connectivity index (χ2v) is 18.9. The molecule has 0 saturated heterocycles. The van der Waals surface area contributed by atoms with E-state index in [9.17, 15) is 0 Å². The number of fused-ring (bicyclic) bond motifs is 5. The first-order chi connectivity index (χ1) is 25.9. The standard InChI is InChI=1S/C46H37BrN2OSi/c1-30-25-44(48-29-39(30)31-21-23-32(24-22-31)46(2,3)4)49-40-18-9-11-20-43(40)51(36-15-6-5-7-16-36)42-19-10-8-17-37(42)38-27-35(28-41(49)45(38)51)50-34-14-12-13-33(47)26-34/h5-29H,1-4H3/i1D3. The van der Waals surface area contributed by atoms with E-state index < -0.39 is 14.9 Å². The van der Waals surface area contributed by atoms with Gasteiger partial charge in [-0.1, -0.05) is 140 Å². The zero-order valence-corrected chi connectivity index (χ0v) is 31.2. The normalized spacial score (nSPS) is 16.7. The van der Waals surface area contributed by atoms with Crippen molar-refractivity contribution in [1.82, 2.24) is 4.98 Å². The van der Waals surface area contributed by atoms with Gasteiger partial charge in [-0.3, -0.25) is 4.90 Å². The monoisotopic (exact) mass is 743 g/mol. The first kappa shape index (κ1) is 28.5. The molecule has 9 rings (SSSR count). The third kappa shape index (κ3) is 5.02. The van der Waals surface area contributed by atoms with E-state index in [1.165, 1.54) is 31.9 Å². The maximum absolute atomic E-state index is 8.76. The number of aryl methyl sites for hydroxylation is 1. The Balaban J connectivity index is 1.33. The molecule has 5 heteroatoms. The fourth-order valence-corrected chi connectivity index (χ4v) is 13.9. The summed E-state index contributed by atoms with van der Waals surface area (Å²) in [4.78, 5) is 7.27. The summed E-state index contributed by atoms with van der Waals surface area (Å²) in [6.45, 7) is 4.13. The van der Waals surface area contributed by atoms with E-state index in [1.807, 2.05) is 36.4 Å². The molecule has 2 aliphatic rings. The minimum atomic E-state index is -2.88. The summed E-state index contributed by atoms with van der Waals surface area (Å²) in [5.41, 5.74) is 7.06. The van der Waals surface area contributed by atoms with Gasteiger partial charge in [-0.25, -0.2) is 4.98 Å². The molecule has 1 aromatic heterocycles. The number of anilines is 3. The van der Waals surface area contributed by atoms with Gasteiger partial charge in [-0.15, -0.1) is 0 Å². The number of nitrogens with zero attached hydrogens (tertiary/aromatic N) is 2. The van der Waals surface area contributed by atoms with Crippen molar-refractivity contribution in [3.05, 3.63) is 167 Å². The molecule has 6 aromatic carbocycles. The van der Waals surface area contributed by atoms with Gasteiger partial charge in [-0.05, 0) is 97.2 Å². The summed E-state index contributed by atoms with van der Waals surface area (Å²) in [6, 6.07) is 50.3. The van der Waals surface area contributed by atoms with E-state index >= 15 is 0 Å². The molecular formula is C46H37BrN2OSi. The second kappa shape index (κ2) is 11.9. The van der Waals surface area contributed by atoms with Crippen molar-refractivity contribution in [2.45, 2.75) is 33.0 Å². The van der Waals surface area contributed by atoms with Gasteiger partial charge in [0.1, 0.15) is 17.3 Å². The lowest BCUT2D eigenvalue weighted by molar-refractivity contribution is 0.483. The van der Waals surface area contributed by atoms with E-state index in [0.717, 1.165) is 27.0 Å². The lowest BCUT2D eigenvalue weighted by Gasteiger charge is -2.43. The van der Waals surface area contributed by atoms with Crippen molar-refractivity contribution in [2.24, 2.45) is 0 Å². The lowest BCUT2D eigenvalue weighted by atomic mass is 9.86. The molecule has 0 N–H and O–H groups in total. The smallest absolute Gasteiger partial charge is 0.185 e. The number of halogens is 1. The third-order valence-electron chi connectivity index (χ3n) is 10.3. The van der Waals surface area contributed by atoms with Gasteiger partial charge in [0.25, 0.3) is 0 Å². The lowest BCUT2D eigenvalue weighted by Crippen LogP contribution is -2.75. The van der Waals surface area contributed by atoms with Crippen molar-refractivity contribution < 1.29 is 8.85 Å². The molecule has 0 amide bonds. The van der Waals surface area contributed by atoms with Crippen LogP contribution in [0, 0.1) is 6.85 Å². The van der Waals surface area contributed by atoms with E-state index in [1.54, 1.807) is 12.3 Å². The Morgan fingerprint density at radius 2 is 1.41 bits per heavy atom. The maximum atomic E-state index is 8.76. The van der Waals surface area contributed by atoms with Crippen LogP contribution in [0.15, 0.2) is 156 Å². The average molecular weight is 745 g/mol. The Kier molecular flexibility index (Phi) is 6.66. The number of pyridine rings is 1. The van der Waals surface area contributed by atoms with Gasteiger partial charge >= 0.3 is 0 Å². The number of hydrogen-bond donors (Lipinski definition) is 0. The van der Waals surface area contributed by atoms with Crippen LogP contribution in [0.5, 0.6) is 11.5 Å². The number of aromatic nitrogens is 1. The summed E-state index contributed by atoms with van der Waals surface area (Å²) < 4.78 is 33.9. The molecule has 0 fully saturated rings. The van der Waals surface area contributed by atoms with Gasteiger partial charge in [-0.2, -0.15) is 0 Å². The fraction of sp³-hybridized carbons (Fsp3) is 0.109. The minimum Gasteiger partial charge on any atom is -0.457 e. The molecule has 2 aliphatic heterocycles.